The van der Waals surface area contributed by atoms with Crippen LogP contribution in [0.2, 0.25) is 0 Å². The molecule has 2 fully saturated rings. The maximum atomic E-state index is 6.20. The molecule has 0 aromatic rings. The fourth-order valence-corrected chi connectivity index (χ4v) is 3.18. The molecule has 0 unspecified atom stereocenters. The van der Waals surface area contributed by atoms with Crippen LogP contribution in [-0.2, 0) is 4.74 Å². The first kappa shape index (κ1) is 13.3. The first-order valence-corrected chi connectivity index (χ1v) is 7.41. The van der Waals surface area contributed by atoms with Gasteiger partial charge in [0, 0.05) is 13.1 Å². The predicted octanol–water partition coefficient (Wildman–Crippen LogP) is 2.15. The fourth-order valence-electron chi connectivity index (χ4n) is 3.18. The van der Waals surface area contributed by atoms with Crippen LogP contribution >= 0.6 is 0 Å². The highest BCUT2D eigenvalue weighted by molar-refractivity contribution is 4.84. The second kappa shape index (κ2) is 6.72. The van der Waals surface area contributed by atoms with Gasteiger partial charge < -0.3 is 15.4 Å². The van der Waals surface area contributed by atoms with Crippen LogP contribution in [-0.4, -0.2) is 43.3 Å². The minimum atomic E-state index is 0.0101. The number of likely N-dealkylation sites (tertiary alicyclic amines) is 1. The molecule has 100 valence electrons. The summed E-state index contributed by atoms with van der Waals surface area (Å²) in [5.74, 6) is 0. The molecule has 1 aliphatic heterocycles. The van der Waals surface area contributed by atoms with E-state index in [1.807, 2.05) is 0 Å². The molecule has 17 heavy (non-hydrogen) atoms. The van der Waals surface area contributed by atoms with E-state index in [1.54, 1.807) is 0 Å². The lowest BCUT2D eigenvalue weighted by molar-refractivity contribution is -0.0547. The van der Waals surface area contributed by atoms with Crippen LogP contribution < -0.4 is 5.73 Å². The Morgan fingerprint density at radius 1 is 0.941 bits per heavy atom. The van der Waals surface area contributed by atoms with Crippen molar-refractivity contribution in [3.05, 3.63) is 0 Å². The summed E-state index contributed by atoms with van der Waals surface area (Å²) in [6.07, 6.45) is 10.4. The van der Waals surface area contributed by atoms with Gasteiger partial charge in [-0.2, -0.15) is 0 Å². The lowest BCUT2D eigenvalue weighted by atomic mass is 9.94. The Morgan fingerprint density at radius 2 is 1.59 bits per heavy atom. The molecule has 1 saturated carbocycles. The molecule has 1 aliphatic carbocycles. The van der Waals surface area contributed by atoms with E-state index in [0.29, 0.717) is 6.54 Å². The SMILES string of the molecule is NCC1(OCCN2CCCC2)CCCCCC1. The predicted molar refractivity (Wildman–Crippen MR) is 71.1 cm³/mol. The molecule has 1 saturated heterocycles. The average Bonchev–Trinajstić information content (AvgIpc) is 2.75. The molecule has 2 N–H and O–H groups in total. The Hall–Kier alpha value is -0.120. The summed E-state index contributed by atoms with van der Waals surface area (Å²) >= 11 is 0. The molecule has 3 heteroatoms. The molecule has 1 heterocycles. The van der Waals surface area contributed by atoms with Crippen LogP contribution in [0.15, 0.2) is 0 Å². The van der Waals surface area contributed by atoms with Crippen molar-refractivity contribution in [2.45, 2.75) is 57.0 Å². The maximum Gasteiger partial charge on any atom is 0.0804 e. The number of ether oxygens (including phenoxy) is 1. The molecule has 0 bridgehead atoms. The zero-order chi connectivity index (χ0) is 12.0. The Bertz CT molecular complexity index is 206. The van der Waals surface area contributed by atoms with Gasteiger partial charge in [0.25, 0.3) is 0 Å². The van der Waals surface area contributed by atoms with Crippen molar-refractivity contribution in [1.82, 2.24) is 4.90 Å². The van der Waals surface area contributed by atoms with E-state index in [1.165, 1.54) is 64.5 Å². The average molecular weight is 240 g/mol. The van der Waals surface area contributed by atoms with Gasteiger partial charge >= 0.3 is 0 Å². The van der Waals surface area contributed by atoms with E-state index in [2.05, 4.69) is 4.90 Å². The van der Waals surface area contributed by atoms with E-state index in [-0.39, 0.29) is 5.60 Å². The minimum Gasteiger partial charge on any atom is -0.372 e. The molecule has 0 spiro atoms. The van der Waals surface area contributed by atoms with Gasteiger partial charge in [-0.05, 0) is 38.8 Å². The number of hydrogen-bond acceptors (Lipinski definition) is 3. The second-order valence-corrected chi connectivity index (χ2v) is 5.70. The number of nitrogens with two attached hydrogens (primary N) is 1. The Morgan fingerprint density at radius 3 is 2.18 bits per heavy atom. The largest absolute Gasteiger partial charge is 0.372 e. The van der Waals surface area contributed by atoms with Gasteiger partial charge in [-0.1, -0.05) is 25.7 Å². The van der Waals surface area contributed by atoms with Crippen molar-refractivity contribution in [2.75, 3.05) is 32.8 Å². The Labute approximate surface area is 106 Å². The summed E-state index contributed by atoms with van der Waals surface area (Å²) in [6.45, 7) is 5.20. The second-order valence-electron chi connectivity index (χ2n) is 5.70. The third-order valence-corrected chi connectivity index (χ3v) is 4.40. The van der Waals surface area contributed by atoms with E-state index < -0.39 is 0 Å². The van der Waals surface area contributed by atoms with Crippen LogP contribution in [0.4, 0.5) is 0 Å². The first-order valence-electron chi connectivity index (χ1n) is 7.41. The normalized spacial score (nSPS) is 25.9. The molecule has 0 amide bonds. The van der Waals surface area contributed by atoms with Crippen LogP contribution in [0.25, 0.3) is 0 Å². The van der Waals surface area contributed by atoms with Crippen LogP contribution in [0.5, 0.6) is 0 Å². The summed E-state index contributed by atoms with van der Waals surface area (Å²) in [7, 11) is 0. The van der Waals surface area contributed by atoms with Gasteiger partial charge in [0.05, 0.1) is 12.2 Å². The monoisotopic (exact) mass is 240 g/mol. The zero-order valence-corrected chi connectivity index (χ0v) is 11.1. The van der Waals surface area contributed by atoms with E-state index >= 15 is 0 Å². The highest BCUT2D eigenvalue weighted by atomic mass is 16.5. The van der Waals surface area contributed by atoms with E-state index in [0.717, 1.165) is 13.2 Å². The van der Waals surface area contributed by atoms with Crippen molar-refractivity contribution in [1.29, 1.82) is 0 Å². The Balaban J connectivity index is 1.73. The summed E-state index contributed by atoms with van der Waals surface area (Å²) < 4.78 is 6.20. The van der Waals surface area contributed by atoms with Gasteiger partial charge in [-0.3, -0.25) is 0 Å². The van der Waals surface area contributed by atoms with Crippen molar-refractivity contribution < 1.29 is 4.74 Å². The van der Waals surface area contributed by atoms with Crippen LogP contribution in [0.3, 0.4) is 0 Å². The zero-order valence-electron chi connectivity index (χ0n) is 11.1. The maximum absolute atomic E-state index is 6.20. The number of rotatable bonds is 5. The first-order chi connectivity index (χ1) is 8.35. The molecule has 0 aromatic heterocycles. The molecule has 0 aromatic carbocycles. The smallest absolute Gasteiger partial charge is 0.0804 e. The van der Waals surface area contributed by atoms with Crippen molar-refractivity contribution in [3.63, 3.8) is 0 Å². The lowest BCUT2D eigenvalue weighted by Crippen LogP contribution is -2.42. The van der Waals surface area contributed by atoms with Crippen molar-refractivity contribution in [2.24, 2.45) is 5.73 Å². The molecule has 2 aliphatic rings. The molecule has 2 rings (SSSR count). The van der Waals surface area contributed by atoms with Crippen molar-refractivity contribution in [3.8, 4) is 0 Å². The summed E-state index contributed by atoms with van der Waals surface area (Å²) in [6, 6.07) is 0. The van der Waals surface area contributed by atoms with Crippen molar-refractivity contribution >= 4 is 0 Å². The van der Waals surface area contributed by atoms with Crippen LogP contribution in [0.1, 0.15) is 51.4 Å². The minimum absolute atomic E-state index is 0.0101. The molecular weight excluding hydrogens is 212 g/mol. The fraction of sp³-hybridized carbons (Fsp3) is 1.00. The van der Waals surface area contributed by atoms with Gasteiger partial charge in [0.1, 0.15) is 0 Å². The highest BCUT2D eigenvalue weighted by Crippen LogP contribution is 2.29. The summed E-state index contributed by atoms with van der Waals surface area (Å²) in [4.78, 5) is 2.51. The summed E-state index contributed by atoms with van der Waals surface area (Å²) in [5.41, 5.74) is 5.97. The molecule has 3 nitrogen and oxygen atoms in total. The third kappa shape index (κ3) is 3.94. The summed E-state index contributed by atoms with van der Waals surface area (Å²) in [5, 5.41) is 0. The molecular formula is C14H28N2O. The number of nitrogens with zero attached hydrogens (tertiary/aromatic N) is 1. The topological polar surface area (TPSA) is 38.5 Å². The van der Waals surface area contributed by atoms with E-state index in [9.17, 15) is 0 Å². The molecule has 0 radical (unpaired) electrons. The molecule has 0 atom stereocenters. The van der Waals surface area contributed by atoms with Crippen LogP contribution in [0, 0.1) is 0 Å². The quantitative estimate of drug-likeness (QED) is 0.748. The van der Waals surface area contributed by atoms with Gasteiger partial charge in [-0.15, -0.1) is 0 Å². The van der Waals surface area contributed by atoms with E-state index in [4.69, 9.17) is 10.5 Å². The van der Waals surface area contributed by atoms with Gasteiger partial charge in [0.15, 0.2) is 0 Å². The van der Waals surface area contributed by atoms with Gasteiger partial charge in [-0.25, -0.2) is 0 Å². The standard InChI is InChI=1S/C14H28N2O/c15-13-14(7-3-1-2-4-8-14)17-12-11-16-9-5-6-10-16/h1-13,15H2. The Kier molecular flexibility index (Phi) is 5.26. The third-order valence-electron chi connectivity index (χ3n) is 4.40. The highest BCUT2D eigenvalue weighted by Gasteiger charge is 2.30. The van der Waals surface area contributed by atoms with Gasteiger partial charge in [0.2, 0.25) is 0 Å². The number of hydrogen-bond donors (Lipinski definition) is 1. The lowest BCUT2D eigenvalue weighted by Gasteiger charge is -2.32.